The van der Waals surface area contributed by atoms with E-state index >= 15 is 0 Å². The monoisotopic (exact) mass is 352 g/mol. The molecule has 0 bridgehead atoms. The van der Waals surface area contributed by atoms with Gasteiger partial charge in [0.2, 0.25) is 0 Å². The van der Waals surface area contributed by atoms with Gasteiger partial charge < -0.3 is 0 Å². The number of halogens is 2. The smallest absolute Gasteiger partial charge is 0.129 e. The quantitative estimate of drug-likeness (QED) is 0.551. The molecule has 0 aliphatic heterocycles. The molecule has 1 saturated carbocycles. The van der Waals surface area contributed by atoms with Gasteiger partial charge in [-0.1, -0.05) is 43.7 Å². The first-order chi connectivity index (χ1) is 12.6. The van der Waals surface area contributed by atoms with E-state index in [0.29, 0.717) is 23.5 Å². The molecule has 26 heavy (non-hydrogen) atoms. The van der Waals surface area contributed by atoms with E-state index in [1.165, 1.54) is 54.9 Å². The van der Waals surface area contributed by atoms with Gasteiger partial charge in [-0.25, -0.2) is 8.78 Å². The van der Waals surface area contributed by atoms with Crippen molar-refractivity contribution in [2.24, 2.45) is 5.92 Å². The van der Waals surface area contributed by atoms with Crippen molar-refractivity contribution in [2.45, 2.75) is 57.8 Å². The fourth-order valence-corrected chi connectivity index (χ4v) is 4.64. The molecule has 2 aliphatic rings. The van der Waals surface area contributed by atoms with Gasteiger partial charge in [0, 0.05) is 6.07 Å². The van der Waals surface area contributed by atoms with Crippen LogP contribution in [0, 0.1) is 17.6 Å². The van der Waals surface area contributed by atoms with Crippen molar-refractivity contribution >= 4 is 11.6 Å². The average molecular weight is 352 g/mol. The number of fused-ring (bicyclic) bond motifs is 1. The van der Waals surface area contributed by atoms with Crippen LogP contribution in [-0.4, -0.2) is 0 Å². The third kappa shape index (κ3) is 3.47. The first-order valence-electron chi connectivity index (χ1n) is 9.93. The molecule has 0 unspecified atom stereocenters. The van der Waals surface area contributed by atoms with Crippen molar-refractivity contribution in [1.29, 1.82) is 0 Å². The second-order valence-corrected chi connectivity index (χ2v) is 7.87. The number of allylic oxidation sites excluding steroid dienone is 1. The van der Waals surface area contributed by atoms with Gasteiger partial charge in [0.1, 0.15) is 11.6 Å². The lowest BCUT2D eigenvalue weighted by Crippen LogP contribution is -2.12. The van der Waals surface area contributed by atoms with Crippen LogP contribution < -0.4 is 0 Å². The van der Waals surface area contributed by atoms with Gasteiger partial charge in [0.15, 0.2) is 0 Å². The first-order valence-corrected chi connectivity index (χ1v) is 9.93. The number of rotatable bonds is 3. The van der Waals surface area contributed by atoms with Crippen LogP contribution in [0.5, 0.6) is 0 Å². The summed E-state index contributed by atoms with van der Waals surface area (Å²) in [4.78, 5) is 0. The molecule has 0 heterocycles. The van der Waals surface area contributed by atoms with Crippen LogP contribution in [0.15, 0.2) is 36.4 Å². The first kappa shape index (κ1) is 17.5. The van der Waals surface area contributed by atoms with Crippen LogP contribution in [0.2, 0.25) is 0 Å². The Labute approximate surface area is 154 Å². The SMILES string of the molecule is CCC1CCC(c2ccc(C3=Cc4cc(F)cc(F)c4CC3)cc2)CC1. The predicted octanol–water partition coefficient (Wildman–Crippen LogP) is 7.14. The summed E-state index contributed by atoms with van der Waals surface area (Å²) in [5.41, 5.74) is 5.11. The second kappa shape index (κ2) is 7.34. The van der Waals surface area contributed by atoms with E-state index in [2.05, 4.69) is 31.2 Å². The van der Waals surface area contributed by atoms with Crippen molar-refractivity contribution in [3.8, 4) is 0 Å². The largest absolute Gasteiger partial charge is 0.207 e. The molecular weight excluding hydrogens is 326 g/mol. The minimum atomic E-state index is -0.503. The third-order valence-corrected chi connectivity index (χ3v) is 6.35. The van der Waals surface area contributed by atoms with Gasteiger partial charge in [0.25, 0.3) is 0 Å². The van der Waals surface area contributed by atoms with E-state index in [-0.39, 0.29) is 0 Å². The number of hydrogen-bond acceptors (Lipinski definition) is 0. The van der Waals surface area contributed by atoms with Gasteiger partial charge in [0.05, 0.1) is 0 Å². The molecule has 0 saturated heterocycles. The van der Waals surface area contributed by atoms with Crippen molar-refractivity contribution in [2.75, 3.05) is 0 Å². The Kier molecular flexibility index (Phi) is 4.93. The summed E-state index contributed by atoms with van der Waals surface area (Å²) in [6.45, 7) is 2.30. The second-order valence-electron chi connectivity index (χ2n) is 7.87. The lowest BCUT2D eigenvalue weighted by molar-refractivity contribution is 0.319. The number of benzene rings is 2. The van der Waals surface area contributed by atoms with Crippen LogP contribution in [0.25, 0.3) is 11.6 Å². The van der Waals surface area contributed by atoms with E-state index in [1.54, 1.807) is 0 Å². The summed E-state index contributed by atoms with van der Waals surface area (Å²) in [5, 5.41) is 0. The third-order valence-electron chi connectivity index (χ3n) is 6.35. The highest BCUT2D eigenvalue weighted by Gasteiger charge is 2.21. The van der Waals surface area contributed by atoms with Crippen molar-refractivity contribution < 1.29 is 8.78 Å². The molecule has 0 nitrogen and oxygen atoms in total. The fraction of sp³-hybridized carbons (Fsp3) is 0.417. The van der Waals surface area contributed by atoms with Crippen molar-refractivity contribution in [3.63, 3.8) is 0 Å². The summed E-state index contributed by atoms with van der Waals surface area (Å²) < 4.78 is 27.4. The van der Waals surface area contributed by atoms with E-state index < -0.39 is 11.6 Å². The summed E-state index contributed by atoms with van der Waals surface area (Å²) in [6, 6.07) is 11.3. The van der Waals surface area contributed by atoms with Crippen LogP contribution in [0.4, 0.5) is 8.78 Å². The summed E-state index contributed by atoms with van der Waals surface area (Å²) in [6.07, 6.45) is 9.99. The zero-order valence-corrected chi connectivity index (χ0v) is 15.4. The lowest BCUT2D eigenvalue weighted by atomic mass is 9.77. The molecular formula is C24H26F2. The topological polar surface area (TPSA) is 0 Å². The van der Waals surface area contributed by atoms with Crippen LogP contribution in [0.3, 0.4) is 0 Å². The molecule has 0 N–H and O–H groups in total. The zero-order valence-electron chi connectivity index (χ0n) is 15.4. The molecule has 136 valence electrons. The molecule has 2 aliphatic carbocycles. The van der Waals surface area contributed by atoms with E-state index in [1.807, 2.05) is 6.08 Å². The highest BCUT2D eigenvalue weighted by molar-refractivity contribution is 5.84. The highest BCUT2D eigenvalue weighted by atomic mass is 19.1. The van der Waals surface area contributed by atoms with E-state index in [4.69, 9.17) is 0 Å². The van der Waals surface area contributed by atoms with Crippen molar-refractivity contribution in [1.82, 2.24) is 0 Å². The Morgan fingerprint density at radius 2 is 1.65 bits per heavy atom. The van der Waals surface area contributed by atoms with Crippen molar-refractivity contribution in [3.05, 3.63) is 70.3 Å². The maximum Gasteiger partial charge on any atom is 0.129 e. The standard InChI is InChI=1S/C24H26F2/c1-2-16-3-5-17(6-4-16)18-7-9-19(10-8-18)20-11-12-23-21(13-20)14-22(25)15-24(23)26/h7-10,13-17H,2-6,11-12H2,1H3. The molecule has 0 aromatic heterocycles. The Bertz CT molecular complexity index is 809. The van der Waals surface area contributed by atoms with Gasteiger partial charge in [-0.2, -0.15) is 0 Å². The normalized spacial score (nSPS) is 22.7. The van der Waals surface area contributed by atoms with Crippen LogP contribution in [-0.2, 0) is 6.42 Å². The molecule has 0 amide bonds. The maximum absolute atomic E-state index is 13.9. The minimum Gasteiger partial charge on any atom is -0.207 e. The lowest BCUT2D eigenvalue weighted by Gasteiger charge is -2.28. The van der Waals surface area contributed by atoms with Crippen LogP contribution in [0.1, 0.15) is 73.6 Å². The molecule has 0 atom stereocenters. The maximum atomic E-state index is 13.9. The van der Waals surface area contributed by atoms with Gasteiger partial charge in [-0.15, -0.1) is 0 Å². The van der Waals surface area contributed by atoms with Crippen LogP contribution >= 0.6 is 0 Å². The molecule has 2 heteroatoms. The minimum absolute atomic E-state index is 0.423. The molecule has 0 radical (unpaired) electrons. The summed E-state index contributed by atoms with van der Waals surface area (Å²) >= 11 is 0. The average Bonchev–Trinajstić information content (AvgIpc) is 2.67. The van der Waals surface area contributed by atoms with Gasteiger partial charge >= 0.3 is 0 Å². The fourth-order valence-electron chi connectivity index (χ4n) is 4.64. The number of hydrogen-bond donors (Lipinski definition) is 0. The molecule has 0 spiro atoms. The molecule has 2 aromatic rings. The molecule has 1 fully saturated rings. The highest BCUT2D eigenvalue weighted by Crippen LogP contribution is 2.38. The van der Waals surface area contributed by atoms with Gasteiger partial charge in [-0.05, 0) is 84.3 Å². The van der Waals surface area contributed by atoms with E-state index in [9.17, 15) is 8.78 Å². The molecule has 2 aromatic carbocycles. The van der Waals surface area contributed by atoms with Gasteiger partial charge in [-0.3, -0.25) is 0 Å². The zero-order chi connectivity index (χ0) is 18.1. The van der Waals surface area contributed by atoms with E-state index in [0.717, 1.165) is 18.4 Å². The Morgan fingerprint density at radius 3 is 2.35 bits per heavy atom. The Hall–Kier alpha value is -1.96. The Balaban J connectivity index is 1.53. The Morgan fingerprint density at radius 1 is 0.923 bits per heavy atom. The summed E-state index contributed by atoms with van der Waals surface area (Å²) in [7, 11) is 0. The summed E-state index contributed by atoms with van der Waals surface area (Å²) in [5.74, 6) is 0.681. The predicted molar refractivity (Wildman–Crippen MR) is 104 cm³/mol. The molecule has 4 rings (SSSR count).